The molecule has 4 nitrogen and oxygen atoms in total. The van der Waals surface area contributed by atoms with E-state index in [1.165, 1.54) is 0 Å². The van der Waals surface area contributed by atoms with Crippen molar-refractivity contribution in [1.29, 1.82) is 0 Å². The highest BCUT2D eigenvalue weighted by molar-refractivity contribution is 4.70. The molecule has 104 valence electrons. The highest BCUT2D eigenvalue weighted by Crippen LogP contribution is 2.10. The van der Waals surface area contributed by atoms with Crippen molar-refractivity contribution in [1.82, 2.24) is 4.90 Å². The standard InChI is InChI=1S/C13H29NO3/c1-4-6-13(5-2)14(7-9-15)8-10-17-12(3)11-16/h12-13,15-16H,4-11H2,1-3H3. The molecule has 0 aliphatic rings. The van der Waals surface area contributed by atoms with Crippen molar-refractivity contribution < 1.29 is 14.9 Å². The number of nitrogens with zero attached hydrogens (tertiary/aromatic N) is 1. The first kappa shape index (κ1) is 16.8. The maximum absolute atomic E-state index is 9.08. The second-order valence-electron chi connectivity index (χ2n) is 4.47. The number of ether oxygens (including phenoxy) is 1. The first-order valence-electron chi connectivity index (χ1n) is 6.76. The molecule has 0 radical (unpaired) electrons. The fourth-order valence-electron chi connectivity index (χ4n) is 2.01. The number of hydrogen-bond donors (Lipinski definition) is 2. The Balaban J connectivity index is 4.02. The molecule has 0 bridgehead atoms. The van der Waals surface area contributed by atoms with E-state index in [1.54, 1.807) is 0 Å². The summed E-state index contributed by atoms with van der Waals surface area (Å²) in [5.74, 6) is 0. The molecule has 0 spiro atoms. The number of aliphatic hydroxyl groups is 2. The molecule has 0 aliphatic heterocycles. The number of aliphatic hydroxyl groups excluding tert-OH is 2. The van der Waals surface area contributed by atoms with E-state index < -0.39 is 0 Å². The van der Waals surface area contributed by atoms with Gasteiger partial charge in [-0.3, -0.25) is 4.90 Å². The number of rotatable bonds is 11. The van der Waals surface area contributed by atoms with Gasteiger partial charge in [0.05, 0.1) is 25.9 Å². The van der Waals surface area contributed by atoms with Crippen molar-refractivity contribution in [3.05, 3.63) is 0 Å². The Morgan fingerprint density at radius 2 is 1.88 bits per heavy atom. The first-order chi connectivity index (χ1) is 8.19. The molecule has 0 aromatic rings. The van der Waals surface area contributed by atoms with Gasteiger partial charge < -0.3 is 14.9 Å². The van der Waals surface area contributed by atoms with E-state index in [-0.39, 0.29) is 19.3 Å². The molecule has 2 atom stereocenters. The third-order valence-corrected chi connectivity index (χ3v) is 3.03. The SMILES string of the molecule is CCCC(CC)N(CCO)CCOC(C)CO. The zero-order valence-corrected chi connectivity index (χ0v) is 11.6. The van der Waals surface area contributed by atoms with Gasteiger partial charge in [0, 0.05) is 19.1 Å². The minimum Gasteiger partial charge on any atom is -0.395 e. The monoisotopic (exact) mass is 247 g/mol. The van der Waals surface area contributed by atoms with Crippen LogP contribution in [0.15, 0.2) is 0 Å². The summed E-state index contributed by atoms with van der Waals surface area (Å²) in [5.41, 5.74) is 0. The second-order valence-corrected chi connectivity index (χ2v) is 4.47. The lowest BCUT2D eigenvalue weighted by molar-refractivity contribution is 0.00522. The first-order valence-corrected chi connectivity index (χ1v) is 6.76. The molecule has 17 heavy (non-hydrogen) atoms. The molecule has 0 amide bonds. The fourth-order valence-corrected chi connectivity index (χ4v) is 2.01. The lowest BCUT2D eigenvalue weighted by Crippen LogP contribution is -2.39. The van der Waals surface area contributed by atoms with Crippen LogP contribution in [0.3, 0.4) is 0 Å². The van der Waals surface area contributed by atoms with Gasteiger partial charge in [-0.05, 0) is 19.8 Å². The van der Waals surface area contributed by atoms with Crippen LogP contribution >= 0.6 is 0 Å². The molecule has 4 heteroatoms. The van der Waals surface area contributed by atoms with Gasteiger partial charge in [0.15, 0.2) is 0 Å². The van der Waals surface area contributed by atoms with E-state index in [0.717, 1.165) is 25.8 Å². The Bertz CT molecular complexity index is 167. The van der Waals surface area contributed by atoms with Crippen LogP contribution in [0.4, 0.5) is 0 Å². The van der Waals surface area contributed by atoms with E-state index in [9.17, 15) is 0 Å². The summed E-state index contributed by atoms with van der Waals surface area (Å²) in [4.78, 5) is 2.29. The third kappa shape index (κ3) is 7.71. The molecular formula is C13H29NO3. The summed E-state index contributed by atoms with van der Waals surface area (Å²) in [5, 5.41) is 17.9. The molecule has 0 aromatic carbocycles. The molecule has 2 N–H and O–H groups in total. The summed E-state index contributed by atoms with van der Waals surface area (Å²) >= 11 is 0. The zero-order chi connectivity index (χ0) is 13.1. The van der Waals surface area contributed by atoms with Gasteiger partial charge in [0.25, 0.3) is 0 Å². The molecule has 0 fully saturated rings. The predicted molar refractivity (Wildman–Crippen MR) is 70.1 cm³/mol. The van der Waals surface area contributed by atoms with Gasteiger partial charge in [0.2, 0.25) is 0 Å². The quantitative estimate of drug-likeness (QED) is 0.577. The largest absolute Gasteiger partial charge is 0.395 e. The van der Waals surface area contributed by atoms with Crippen LogP contribution < -0.4 is 0 Å². The zero-order valence-electron chi connectivity index (χ0n) is 11.6. The van der Waals surface area contributed by atoms with Crippen molar-refractivity contribution >= 4 is 0 Å². The topological polar surface area (TPSA) is 52.9 Å². The van der Waals surface area contributed by atoms with Gasteiger partial charge in [0.1, 0.15) is 0 Å². The maximum atomic E-state index is 9.08. The van der Waals surface area contributed by atoms with E-state index in [4.69, 9.17) is 14.9 Å². The normalized spacial score (nSPS) is 15.2. The van der Waals surface area contributed by atoms with Gasteiger partial charge in [-0.25, -0.2) is 0 Å². The fraction of sp³-hybridized carbons (Fsp3) is 1.00. The Kier molecular flexibility index (Phi) is 10.9. The molecule has 0 rings (SSSR count). The molecule has 2 unspecified atom stereocenters. The number of hydrogen-bond acceptors (Lipinski definition) is 4. The summed E-state index contributed by atoms with van der Waals surface area (Å²) in [7, 11) is 0. The molecular weight excluding hydrogens is 218 g/mol. The van der Waals surface area contributed by atoms with Crippen LogP contribution in [-0.2, 0) is 4.74 Å². The Morgan fingerprint density at radius 3 is 2.35 bits per heavy atom. The van der Waals surface area contributed by atoms with E-state index in [1.807, 2.05) is 6.92 Å². The summed E-state index contributed by atoms with van der Waals surface area (Å²) in [6, 6.07) is 0.528. The third-order valence-electron chi connectivity index (χ3n) is 3.03. The van der Waals surface area contributed by atoms with Crippen molar-refractivity contribution in [2.45, 2.75) is 52.2 Å². The molecule has 0 saturated heterocycles. The van der Waals surface area contributed by atoms with Crippen molar-refractivity contribution in [2.24, 2.45) is 0 Å². The minimum absolute atomic E-state index is 0.0617. The lowest BCUT2D eigenvalue weighted by atomic mass is 10.1. The van der Waals surface area contributed by atoms with Crippen LogP contribution in [0.1, 0.15) is 40.0 Å². The molecule has 0 aromatic heterocycles. The van der Waals surface area contributed by atoms with Gasteiger partial charge in [-0.15, -0.1) is 0 Å². The molecule has 0 saturated carbocycles. The van der Waals surface area contributed by atoms with Crippen molar-refractivity contribution in [3.63, 3.8) is 0 Å². The smallest absolute Gasteiger partial charge is 0.0778 e. The Labute approximate surface area is 106 Å². The van der Waals surface area contributed by atoms with Gasteiger partial charge in [-0.2, -0.15) is 0 Å². The summed E-state index contributed by atoms with van der Waals surface area (Å²) in [6.45, 7) is 8.62. The van der Waals surface area contributed by atoms with Gasteiger partial charge in [-0.1, -0.05) is 20.3 Å². The summed E-state index contributed by atoms with van der Waals surface area (Å²) in [6.07, 6.45) is 3.32. The molecule has 0 heterocycles. The summed E-state index contributed by atoms with van der Waals surface area (Å²) < 4.78 is 5.47. The van der Waals surface area contributed by atoms with Crippen LogP contribution in [0.25, 0.3) is 0 Å². The Morgan fingerprint density at radius 1 is 1.18 bits per heavy atom. The van der Waals surface area contributed by atoms with E-state index in [2.05, 4.69) is 18.7 Å². The van der Waals surface area contributed by atoms with Crippen LogP contribution in [0.2, 0.25) is 0 Å². The van der Waals surface area contributed by atoms with Crippen LogP contribution in [0.5, 0.6) is 0 Å². The maximum Gasteiger partial charge on any atom is 0.0778 e. The van der Waals surface area contributed by atoms with Crippen molar-refractivity contribution in [2.75, 3.05) is 32.9 Å². The van der Waals surface area contributed by atoms with E-state index >= 15 is 0 Å². The predicted octanol–water partition coefficient (Wildman–Crippen LogP) is 1.26. The average Bonchev–Trinajstić information content (AvgIpc) is 2.34. The van der Waals surface area contributed by atoms with Crippen LogP contribution in [-0.4, -0.2) is 60.2 Å². The van der Waals surface area contributed by atoms with E-state index in [0.29, 0.717) is 19.2 Å². The van der Waals surface area contributed by atoms with Crippen molar-refractivity contribution in [3.8, 4) is 0 Å². The minimum atomic E-state index is -0.0998. The van der Waals surface area contributed by atoms with Crippen LogP contribution in [0, 0.1) is 0 Å². The van der Waals surface area contributed by atoms with Gasteiger partial charge >= 0.3 is 0 Å². The molecule has 0 aliphatic carbocycles. The highest BCUT2D eigenvalue weighted by atomic mass is 16.5. The lowest BCUT2D eigenvalue weighted by Gasteiger charge is -2.30. The average molecular weight is 247 g/mol. The second kappa shape index (κ2) is 11.0. The Hall–Kier alpha value is -0.160. The highest BCUT2D eigenvalue weighted by Gasteiger charge is 2.15.